The first-order chi connectivity index (χ1) is 7.74. The van der Waals surface area contributed by atoms with E-state index in [0.717, 1.165) is 6.54 Å². The highest BCUT2D eigenvalue weighted by Crippen LogP contribution is 2.34. The van der Waals surface area contributed by atoms with Crippen LogP contribution in [0.25, 0.3) is 0 Å². The minimum Gasteiger partial charge on any atom is -0.336 e. The fraction of sp³-hybridized carbons (Fsp3) is 0.750. The molecule has 4 nitrogen and oxygen atoms in total. The van der Waals surface area contributed by atoms with Gasteiger partial charge in [-0.05, 0) is 45.9 Å². The Morgan fingerprint density at radius 2 is 2.31 bits per heavy atom. The van der Waals surface area contributed by atoms with Crippen LogP contribution < -0.4 is 5.32 Å². The van der Waals surface area contributed by atoms with Gasteiger partial charge in [-0.15, -0.1) is 0 Å². The molecule has 4 heteroatoms. The molecule has 0 aromatic carbocycles. The average Bonchev–Trinajstić information content (AvgIpc) is 2.65. The molecule has 1 saturated heterocycles. The number of piperidine rings is 1. The predicted molar refractivity (Wildman–Crippen MR) is 65.2 cm³/mol. The highest BCUT2D eigenvalue weighted by Gasteiger charge is 2.31. The predicted octanol–water partition coefficient (Wildman–Crippen LogP) is 1.02. The molecule has 2 atom stereocenters. The molecule has 16 heavy (non-hydrogen) atoms. The Labute approximate surface area is 97.7 Å². The maximum Gasteiger partial charge on any atom is 0.0946 e. The third-order valence-corrected chi connectivity index (χ3v) is 3.63. The lowest BCUT2D eigenvalue weighted by molar-refractivity contribution is 0.115. The number of hydrogen-bond donors (Lipinski definition) is 1. The van der Waals surface area contributed by atoms with E-state index in [4.69, 9.17) is 0 Å². The van der Waals surface area contributed by atoms with Crippen molar-refractivity contribution in [1.29, 1.82) is 0 Å². The summed E-state index contributed by atoms with van der Waals surface area (Å²) in [5, 5.41) is 3.31. The first-order valence-corrected chi connectivity index (χ1v) is 6.05. The second-order valence-corrected chi connectivity index (χ2v) is 4.81. The maximum absolute atomic E-state index is 4.24. The smallest absolute Gasteiger partial charge is 0.0946 e. The fourth-order valence-corrected chi connectivity index (χ4v) is 2.86. The van der Waals surface area contributed by atoms with Crippen LogP contribution in [0.5, 0.6) is 0 Å². The maximum atomic E-state index is 4.24. The number of rotatable bonds is 3. The lowest BCUT2D eigenvalue weighted by Gasteiger charge is -2.39. The van der Waals surface area contributed by atoms with Crippen LogP contribution in [0.3, 0.4) is 0 Å². The minimum absolute atomic E-state index is 0.508. The van der Waals surface area contributed by atoms with Gasteiger partial charge in [0, 0.05) is 13.2 Å². The SMILES string of the molecule is CNC[C@@H]1CCCN(C)[C@H]1c1cncn1C. The zero-order valence-electron chi connectivity index (χ0n) is 10.5. The Morgan fingerprint density at radius 3 is 2.94 bits per heavy atom. The largest absolute Gasteiger partial charge is 0.336 e. The Kier molecular flexibility index (Phi) is 3.61. The molecule has 1 fully saturated rings. The van der Waals surface area contributed by atoms with E-state index in [-0.39, 0.29) is 0 Å². The van der Waals surface area contributed by atoms with Crippen LogP contribution in [0, 0.1) is 5.92 Å². The molecule has 1 aromatic rings. The van der Waals surface area contributed by atoms with E-state index in [2.05, 4.69) is 33.9 Å². The van der Waals surface area contributed by atoms with Gasteiger partial charge in [0.25, 0.3) is 0 Å². The first kappa shape index (κ1) is 11.6. The van der Waals surface area contributed by atoms with Crippen molar-refractivity contribution in [3.8, 4) is 0 Å². The van der Waals surface area contributed by atoms with Gasteiger partial charge in [-0.3, -0.25) is 4.90 Å². The molecular formula is C12H22N4. The molecule has 1 aliphatic rings. The fourth-order valence-electron chi connectivity index (χ4n) is 2.86. The van der Waals surface area contributed by atoms with Gasteiger partial charge in [0.2, 0.25) is 0 Å². The van der Waals surface area contributed by atoms with Gasteiger partial charge in [-0.25, -0.2) is 4.98 Å². The van der Waals surface area contributed by atoms with Crippen LogP contribution in [0.1, 0.15) is 24.6 Å². The molecule has 0 radical (unpaired) electrons. The highest BCUT2D eigenvalue weighted by molar-refractivity contribution is 5.08. The molecule has 0 spiro atoms. The molecule has 0 aliphatic carbocycles. The van der Waals surface area contributed by atoms with E-state index in [0.29, 0.717) is 12.0 Å². The Bertz CT molecular complexity index is 332. The molecule has 2 heterocycles. The van der Waals surface area contributed by atoms with Gasteiger partial charge < -0.3 is 9.88 Å². The molecule has 0 saturated carbocycles. The summed E-state index contributed by atoms with van der Waals surface area (Å²) in [6.07, 6.45) is 6.52. The summed E-state index contributed by atoms with van der Waals surface area (Å²) in [7, 11) is 6.34. The normalized spacial score (nSPS) is 27.2. The van der Waals surface area contributed by atoms with Crippen LogP contribution in [-0.4, -0.2) is 41.6 Å². The summed E-state index contributed by atoms with van der Waals surface area (Å²) in [4.78, 5) is 6.70. The van der Waals surface area contributed by atoms with Crippen molar-refractivity contribution in [3.63, 3.8) is 0 Å². The van der Waals surface area contributed by atoms with Crippen LogP contribution >= 0.6 is 0 Å². The summed E-state index contributed by atoms with van der Waals surface area (Å²) < 4.78 is 2.15. The van der Waals surface area contributed by atoms with Gasteiger partial charge in [0.05, 0.1) is 18.1 Å². The zero-order chi connectivity index (χ0) is 11.5. The lowest BCUT2D eigenvalue weighted by Crippen LogP contribution is -2.40. The van der Waals surface area contributed by atoms with Gasteiger partial charge in [-0.1, -0.05) is 0 Å². The molecule has 0 bridgehead atoms. The Morgan fingerprint density at radius 1 is 1.50 bits per heavy atom. The Hall–Kier alpha value is -0.870. The van der Waals surface area contributed by atoms with Crippen molar-refractivity contribution >= 4 is 0 Å². The van der Waals surface area contributed by atoms with E-state index in [9.17, 15) is 0 Å². The van der Waals surface area contributed by atoms with Crippen LogP contribution in [0.2, 0.25) is 0 Å². The van der Waals surface area contributed by atoms with Crippen molar-refractivity contribution in [3.05, 3.63) is 18.2 Å². The third kappa shape index (κ3) is 2.13. The number of aromatic nitrogens is 2. The third-order valence-electron chi connectivity index (χ3n) is 3.63. The molecule has 2 rings (SSSR count). The van der Waals surface area contributed by atoms with Crippen molar-refractivity contribution in [2.45, 2.75) is 18.9 Å². The molecular weight excluding hydrogens is 200 g/mol. The summed E-state index contributed by atoms with van der Waals surface area (Å²) in [5.74, 6) is 0.694. The molecule has 0 amide bonds. The lowest BCUT2D eigenvalue weighted by atomic mass is 9.87. The van der Waals surface area contributed by atoms with Crippen LogP contribution in [0.15, 0.2) is 12.5 Å². The molecule has 1 N–H and O–H groups in total. The molecule has 90 valence electrons. The van der Waals surface area contributed by atoms with E-state index in [1.165, 1.54) is 25.1 Å². The van der Waals surface area contributed by atoms with Crippen LogP contribution in [-0.2, 0) is 7.05 Å². The minimum atomic E-state index is 0.508. The second kappa shape index (κ2) is 4.97. The van der Waals surface area contributed by atoms with Crippen molar-refractivity contribution in [1.82, 2.24) is 19.8 Å². The standard InChI is InChI=1S/C12H22N4/c1-13-7-10-5-4-6-15(2)12(10)11-8-14-9-16(11)3/h8-10,12-13H,4-7H2,1-3H3/t10-,12+/m0/s1. The van der Waals surface area contributed by atoms with Crippen LogP contribution in [0.4, 0.5) is 0 Å². The number of likely N-dealkylation sites (tertiary alicyclic amines) is 1. The quantitative estimate of drug-likeness (QED) is 0.829. The summed E-state index contributed by atoms with van der Waals surface area (Å²) in [6.45, 7) is 2.27. The number of aryl methyl sites for hydroxylation is 1. The van der Waals surface area contributed by atoms with E-state index in [1.54, 1.807) is 0 Å². The van der Waals surface area contributed by atoms with Crippen molar-refractivity contribution in [2.75, 3.05) is 27.2 Å². The van der Waals surface area contributed by atoms with Crippen molar-refractivity contribution in [2.24, 2.45) is 13.0 Å². The molecule has 1 aromatic heterocycles. The van der Waals surface area contributed by atoms with Gasteiger partial charge in [0.15, 0.2) is 0 Å². The monoisotopic (exact) mass is 222 g/mol. The van der Waals surface area contributed by atoms with Crippen molar-refractivity contribution < 1.29 is 0 Å². The van der Waals surface area contributed by atoms with Gasteiger partial charge >= 0.3 is 0 Å². The van der Waals surface area contributed by atoms with E-state index in [1.807, 2.05) is 19.6 Å². The summed E-state index contributed by atoms with van der Waals surface area (Å²) >= 11 is 0. The van der Waals surface area contributed by atoms with Gasteiger partial charge in [-0.2, -0.15) is 0 Å². The second-order valence-electron chi connectivity index (χ2n) is 4.81. The van der Waals surface area contributed by atoms with E-state index < -0.39 is 0 Å². The number of imidazole rings is 1. The molecule has 0 unspecified atom stereocenters. The van der Waals surface area contributed by atoms with E-state index >= 15 is 0 Å². The summed E-state index contributed by atoms with van der Waals surface area (Å²) in [5.41, 5.74) is 1.34. The number of nitrogens with one attached hydrogen (secondary N) is 1. The topological polar surface area (TPSA) is 33.1 Å². The highest BCUT2D eigenvalue weighted by atomic mass is 15.2. The number of hydrogen-bond acceptors (Lipinski definition) is 3. The Balaban J connectivity index is 2.22. The van der Waals surface area contributed by atoms with Gasteiger partial charge in [0.1, 0.15) is 0 Å². The summed E-state index contributed by atoms with van der Waals surface area (Å²) in [6, 6.07) is 0.508. The number of nitrogens with zero attached hydrogens (tertiary/aromatic N) is 3. The zero-order valence-corrected chi connectivity index (χ0v) is 10.5. The molecule has 1 aliphatic heterocycles. The first-order valence-electron chi connectivity index (χ1n) is 6.05. The average molecular weight is 222 g/mol.